The molecular formula is C22H25N3O2. The van der Waals surface area contributed by atoms with Crippen molar-refractivity contribution in [2.45, 2.75) is 32.6 Å². The number of benzene rings is 2. The van der Waals surface area contributed by atoms with Gasteiger partial charge in [-0.3, -0.25) is 9.59 Å². The lowest BCUT2D eigenvalue weighted by Gasteiger charge is -2.19. The summed E-state index contributed by atoms with van der Waals surface area (Å²) in [5.74, 6) is -0.446. The zero-order chi connectivity index (χ0) is 18.9. The van der Waals surface area contributed by atoms with Gasteiger partial charge < -0.3 is 15.5 Å². The van der Waals surface area contributed by atoms with Gasteiger partial charge in [-0.25, -0.2) is 0 Å². The molecule has 1 saturated carbocycles. The van der Waals surface area contributed by atoms with Crippen LogP contribution in [0.25, 0.3) is 0 Å². The van der Waals surface area contributed by atoms with Crippen LogP contribution in [-0.2, 0) is 9.59 Å². The van der Waals surface area contributed by atoms with Crippen LogP contribution in [0.15, 0.2) is 48.5 Å². The Kier molecular flexibility index (Phi) is 4.60. The molecule has 27 heavy (non-hydrogen) atoms. The Morgan fingerprint density at radius 2 is 1.30 bits per heavy atom. The molecule has 0 atom stereocenters. The van der Waals surface area contributed by atoms with E-state index in [-0.39, 0.29) is 11.8 Å². The van der Waals surface area contributed by atoms with Crippen LogP contribution in [0.2, 0.25) is 0 Å². The standard InChI is InChI=1S/C22H25N3O2/c1-16-4-6-17(7-5-16)23-20(26)22(12-13-22)21(27)24-18-8-10-19(11-9-18)25-14-2-3-15-25/h4-11H,2-3,12-15H2,1H3,(H,23,26)(H,24,27). The SMILES string of the molecule is Cc1ccc(NC(=O)C2(C(=O)Nc3ccc(N4CCCC4)cc3)CC2)cc1. The molecule has 1 aliphatic carbocycles. The Labute approximate surface area is 159 Å². The van der Waals surface area contributed by atoms with E-state index in [1.54, 1.807) is 0 Å². The molecule has 2 aliphatic rings. The van der Waals surface area contributed by atoms with Gasteiger partial charge in [0.05, 0.1) is 0 Å². The number of carbonyl (C=O) groups is 2. The predicted molar refractivity (Wildman–Crippen MR) is 108 cm³/mol. The summed E-state index contributed by atoms with van der Waals surface area (Å²) in [6.07, 6.45) is 3.64. The van der Waals surface area contributed by atoms with Gasteiger partial charge in [0, 0.05) is 30.2 Å². The number of hydrogen-bond acceptors (Lipinski definition) is 3. The fourth-order valence-corrected chi connectivity index (χ4v) is 3.55. The molecule has 1 heterocycles. The second kappa shape index (κ2) is 7.06. The van der Waals surface area contributed by atoms with Gasteiger partial charge >= 0.3 is 0 Å². The highest BCUT2D eigenvalue weighted by atomic mass is 16.2. The van der Waals surface area contributed by atoms with Crippen molar-refractivity contribution in [3.63, 3.8) is 0 Å². The topological polar surface area (TPSA) is 61.4 Å². The third kappa shape index (κ3) is 3.68. The Bertz CT molecular complexity index is 833. The minimum atomic E-state index is -0.946. The molecule has 5 nitrogen and oxygen atoms in total. The molecule has 140 valence electrons. The van der Waals surface area contributed by atoms with Gasteiger partial charge in [-0.05, 0) is 69.0 Å². The van der Waals surface area contributed by atoms with E-state index in [9.17, 15) is 9.59 Å². The summed E-state index contributed by atoms with van der Waals surface area (Å²) in [7, 11) is 0. The Morgan fingerprint density at radius 1 is 0.815 bits per heavy atom. The summed E-state index contributed by atoms with van der Waals surface area (Å²) in [6.45, 7) is 4.18. The van der Waals surface area contributed by atoms with E-state index in [0.717, 1.165) is 30.0 Å². The first-order valence-corrected chi connectivity index (χ1v) is 9.61. The maximum absolute atomic E-state index is 12.7. The highest BCUT2D eigenvalue weighted by Crippen LogP contribution is 2.47. The van der Waals surface area contributed by atoms with Gasteiger partial charge in [0.2, 0.25) is 11.8 Å². The first-order valence-electron chi connectivity index (χ1n) is 9.61. The van der Waals surface area contributed by atoms with Gasteiger partial charge in [-0.1, -0.05) is 17.7 Å². The summed E-state index contributed by atoms with van der Waals surface area (Å²) in [5, 5.41) is 5.80. The monoisotopic (exact) mass is 363 g/mol. The van der Waals surface area contributed by atoms with Crippen LogP contribution in [-0.4, -0.2) is 24.9 Å². The fourth-order valence-electron chi connectivity index (χ4n) is 3.55. The van der Waals surface area contributed by atoms with E-state index >= 15 is 0 Å². The first-order chi connectivity index (χ1) is 13.1. The first kappa shape index (κ1) is 17.6. The molecule has 5 heteroatoms. The summed E-state index contributed by atoms with van der Waals surface area (Å²) < 4.78 is 0. The van der Waals surface area contributed by atoms with Crippen molar-refractivity contribution in [3.05, 3.63) is 54.1 Å². The van der Waals surface area contributed by atoms with Crippen LogP contribution in [0, 0.1) is 12.3 Å². The predicted octanol–water partition coefficient (Wildman–Crippen LogP) is 3.95. The Hall–Kier alpha value is -2.82. The molecule has 0 bridgehead atoms. The van der Waals surface area contributed by atoms with Crippen molar-refractivity contribution >= 4 is 28.9 Å². The second-order valence-electron chi connectivity index (χ2n) is 7.60. The van der Waals surface area contributed by atoms with Crippen LogP contribution < -0.4 is 15.5 Å². The molecule has 0 radical (unpaired) electrons. The molecule has 1 saturated heterocycles. The summed E-state index contributed by atoms with van der Waals surface area (Å²) in [6, 6.07) is 15.5. The maximum atomic E-state index is 12.7. The average molecular weight is 363 g/mol. The Morgan fingerprint density at radius 3 is 1.78 bits per heavy atom. The van der Waals surface area contributed by atoms with E-state index in [2.05, 4.69) is 15.5 Å². The lowest BCUT2D eigenvalue weighted by Crippen LogP contribution is -2.35. The van der Waals surface area contributed by atoms with Crippen molar-refractivity contribution < 1.29 is 9.59 Å². The van der Waals surface area contributed by atoms with E-state index in [4.69, 9.17) is 0 Å². The van der Waals surface area contributed by atoms with Gasteiger partial charge in [0.1, 0.15) is 5.41 Å². The van der Waals surface area contributed by atoms with Gasteiger partial charge in [0.15, 0.2) is 0 Å². The molecule has 4 rings (SSSR count). The van der Waals surface area contributed by atoms with E-state index < -0.39 is 5.41 Å². The van der Waals surface area contributed by atoms with Gasteiger partial charge in [-0.15, -0.1) is 0 Å². The number of carbonyl (C=O) groups excluding carboxylic acids is 2. The highest BCUT2D eigenvalue weighted by molar-refractivity contribution is 6.16. The van der Waals surface area contributed by atoms with E-state index in [1.807, 2.05) is 55.5 Å². The number of nitrogens with zero attached hydrogens (tertiary/aromatic N) is 1. The van der Waals surface area contributed by atoms with Crippen molar-refractivity contribution in [2.24, 2.45) is 5.41 Å². The lowest BCUT2D eigenvalue weighted by atomic mass is 10.0. The molecule has 2 aromatic carbocycles. The molecule has 0 unspecified atom stereocenters. The fraction of sp³-hybridized carbons (Fsp3) is 0.364. The van der Waals surface area contributed by atoms with Crippen molar-refractivity contribution in [1.29, 1.82) is 0 Å². The zero-order valence-electron chi connectivity index (χ0n) is 15.6. The van der Waals surface area contributed by atoms with Crippen LogP contribution in [0.5, 0.6) is 0 Å². The molecule has 0 aromatic heterocycles. The maximum Gasteiger partial charge on any atom is 0.240 e. The normalized spacial score (nSPS) is 17.4. The van der Waals surface area contributed by atoms with Crippen molar-refractivity contribution in [3.8, 4) is 0 Å². The summed E-state index contributed by atoms with van der Waals surface area (Å²) >= 11 is 0. The minimum Gasteiger partial charge on any atom is -0.372 e. The van der Waals surface area contributed by atoms with E-state index in [0.29, 0.717) is 12.8 Å². The number of rotatable bonds is 5. The number of hydrogen-bond donors (Lipinski definition) is 2. The second-order valence-corrected chi connectivity index (χ2v) is 7.60. The zero-order valence-corrected chi connectivity index (χ0v) is 15.6. The molecular weight excluding hydrogens is 338 g/mol. The molecule has 2 N–H and O–H groups in total. The molecule has 0 spiro atoms. The Balaban J connectivity index is 1.39. The highest BCUT2D eigenvalue weighted by Gasteiger charge is 2.56. The minimum absolute atomic E-state index is 0.221. The van der Waals surface area contributed by atoms with Gasteiger partial charge in [0.25, 0.3) is 0 Å². The smallest absolute Gasteiger partial charge is 0.240 e. The third-order valence-corrected chi connectivity index (χ3v) is 5.53. The van der Waals surface area contributed by atoms with Crippen LogP contribution >= 0.6 is 0 Å². The van der Waals surface area contributed by atoms with E-state index in [1.165, 1.54) is 18.5 Å². The largest absolute Gasteiger partial charge is 0.372 e. The molecule has 1 aliphatic heterocycles. The third-order valence-electron chi connectivity index (χ3n) is 5.53. The van der Waals surface area contributed by atoms with Crippen LogP contribution in [0.3, 0.4) is 0 Å². The lowest BCUT2D eigenvalue weighted by molar-refractivity contribution is -0.131. The molecule has 2 fully saturated rings. The quantitative estimate of drug-likeness (QED) is 0.791. The van der Waals surface area contributed by atoms with Crippen molar-refractivity contribution in [2.75, 3.05) is 28.6 Å². The number of anilines is 3. The number of aryl methyl sites for hydroxylation is 1. The number of amides is 2. The van der Waals surface area contributed by atoms with Gasteiger partial charge in [-0.2, -0.15) is 0 Å². The molecule has 2 amide bonds. The molecule has 2 aromatic rings. The average Bonchev–Trinajstić information content (AvgIpc) is 3.32. The summed E-state index contributed by atoms with van der Waals surface area (Å²) in [4.78, 5) is 27.8. The van der Waals surface area contributed by atoms with Crippen molar-refractivity contribution in [1.82, 2.24) is 0 Å². The van der Waals surface area contributed by atoms with Crippen LogP contribution in [0.1, 0.15) is 31.2 Å². The summed E-state index contributed by atoms with van der Waals surface area (Å²) in [5.41, 5.74) is 2.82. The van der Waals surface area contributed by atoms with Crippen LogP contribution in [0.4, 0.5) is 17.1 Å². The number of nitrogens with one attached hydrogen (secondary N) is 2.